The summed E-state index contributed by atoms with van der Waals surface area (Å²) in [5, 5.41) is 8.81. The van der Waals surface area contributed by atoms with Gasteiger partial charge in [-0.3, -0.25) is 0 Å². The van der Waals surface area contributed by atoms with Crippen LogP contribution < -0.4 is 34.3 Å². The molecule has 0 saturated carbocycles. The van der Waals surface area contributed by atoms with Crippen molar-refractivity contribution < 1.29 is 34.3 Å². The van der Waals surface area contributed by atoms with Crippen LogP contribution in [0.5, 0.6) is 5.75 Å². The fraction of sp³-hybridized carbons (Fsp3) is 0.385. The summed E-state index contributed by atoms with van der Waals surface area (Å²) < 4.78 is 5.83. The zero-order valence-electron chi connectivity index (χ0n) is 11.2. The largest absolute Gasteiger partial charge is 1.00 e. The summed E-state index contributed by atoms with van der Waals surface area (Å²) in [4.78, 5) is 3.54. The van der Waals surface area contributed by atoms with Crippen molar-refractivity contribution in [2.45, 2.75) is 32.8 Å². The summed E-state index contributed by atoms with van der Waals surface area (Å²) in [6, 6.07) is 7.66. The molecule has 0 aliphatic rings. The normalized spacial score (nSPS) is 11.3. The van der Waals surface area contributed by atoms with E-state index in [1.54, 1.807) is 6.19 Å². The Bertz CT molecular complexity index is 461. The van der Waals surface area contributed by atoms with Crippen molar-refractivity contribution in [3.8, 4) is 11.9 Å². The molecule has 0 fully saturated rings. The Morgan fingerprint density at radius 3 is 2.56 bits per heavy atom. The van der Waals surface area contributed by atoms with Crippen LogP contribution in [0.3, 0.4) is 0 Å². The van der Waals surface area contributed by atoms with Crippen molar-refractivity contribution in [1.29, 1.82) is 5.26 Å². The minimum Gasteiger partial charge on any atom is -0.763 e. The van der Waals surface area contributed by atoms with E-state index in [9.17, 15) is 0 Å². The van der Waals surface area contributed by atoms with Gasteiger partial charge < -0.3 is 17.4 Å². The summed E-state index contributed by atoms with van der Waals surface area (Å²) in [6.45, 7) is 5.96. The van der Waals surface area contributed by atoms with Gasteiger partial charge in [-0.05, 0) is 38.8 Å². The zero-order chi connectivity index (χ0) is 12.9. The van der Waals surface area contributed by atoms with Gasteiger partial charge in [0.1, 0.15) is 11.4 Å². The molecule has 1 aromatic carbocycles. The van der Waals surface area contributed by atoms with Crippen molar-refractivity contribution in [2.75, 3.05) is 0 Å². The predicted octanol–water partition coefficient (Wildman–Crippen LogP) is -0.163. The molecule has 18 heavy (non-hydrogen) atoms. The molecule has 1 aromatic rings. The van der Waals surface area contributed by atoms with E-state index < -0.39 is 0 Å². The molecule has 0 aromatic heterocycles. The minimum atomic E-state index is -0.260. The summed E-state index contributed by atoms with van der Waals surface area (Å²) in [6.07, 6.45) is 2.15. The first-order chi connectivity index (χ1) is 7.92. The third kappa shape index (κ3) is 6.36. The standard InChI is InChI=1S/C13H16N2OS.Na/c1-13(2,3)16-11-7-5-4-6-10(11)8-12(17)15-9-14;/h4-7H,8H2,1-3H3,(H,15,17);/q;+1/p-1. The Labute approximate surface area is 136 Å². The average molecular weight is 270 g/mol. The Morgan fingerprint density at radius 2 is 2.00 bits per heavy atom. The summed E-state index contributed by atoms with van der Waals surface area (Å²) in [7, 11) is 0. The van der Waals surface area contributed by atoms with Crippen LogP contribution in [-0.2, 0) is 19.0 Å². The van der Waals surface area contributed by atoms with E-state index in [-0.39, 0.29) is 35.2 Å². The van der Waals surface area contributed by atoms with Crippen molar-refractivity contribution >= 4 is 17.7 Å². The van der Waals surface area contributed by atoms with Crippen LogP contribution in [0, 0.1) is 11.5 Å². The van der Waals surface area contributed by atoms with E-state index in [1.165, 1.54) is 0 Å². The van der Waals surface area contributed by atoms with Crippen LogP contribution in [0.2, 0.25) is 0 Å². The van der Waals surface area contributed by atoms with Gasteiger partial charge in [-0.25, -0.2) is 4.99 Å². The van der Waals surface area contributed by atoms with Gasteiger partial charge in [-0.1, -0.05) is 23.2 Å². The maximum atomic E-state index is 8.44. The smallest absolute Gasteiger partial charge is 0.763 e. The summed E-state index contributed by atoms with van der Waals surface area (Å²) in [5.41, 5.74) is 0.691. The molecule has 0 saturated heterocycles. The second-order valence-electron chi connectivity index (χ2n) is 4.60. The molecule has 5 heteroatoms. The predicted molar refractivity (Wildman–Crippen MR) is 70.9 cm³/mol. The second kappa shape index (κ2) is 7.75. The maximum Gasteiger partial charge on any atom is 1.00 e. The van der Waals surface area contributed by atoms with E-state index in [0.717, 1.165) is 11.3 Å². The van der Waals surface area contributed by atoms with Gasteiger partial charge in [0.2, 0.25) is 6.19 Å². The van der Waals surface area contributed by atoms with Crippen molar-refractivity contribution in [3.63, 3.8) is 0 Å². The van der Waals surface area contributed by atoms with Crippen LogP contribution in [-0.4, -0.2) is 10.6 Å². The number of nitrogens with zero attached hydrogens (tertiary/aromatic N) is 2. The van der Waals surface area contributed by atoms with Crippen LogP contribution >= 0.6 is 0 Å². The molecular weight excluding hydrogens is 255 g/mol. The van der Waals surface area contributed by atoms with Crippen LogP contribution in [0.1, 0.15) is 26.3 Å². The topological polar surface area (TPSA) is 45.4 Å². The Hall–Kier alpha value is -0.600. The molecule has 0 atom stereocenters. The summed E-state index contributed by atoms with van der Waals surface area (Å²) >= 11 is 4.99. The molecule has 0 spiro atoms. The number of para-hydroxylation sites is 1. The molecule has 1 rings (SSSR count). The van der Waals surface area contributed by atoms with Crippen LogP contribution in [0.25, 0.3) is 0 Å². The number of aliphatic imine (C=N–C) groups is 1. The minimum absolute atomic E-state index is 0. The second-order valence-corrected chi connectivity index (χ2v) is 5.08. The average Bonchev–Trinajstić information content (AvgIpc) is 2.19. The molecule has 0 aliphatic heterocycles. The number of hydrogen-bond donors (Lipinski definition) is 0. The van der Waals surface area contributed by atoms with E-state index in [0.29, 0.717) is 11.5 Å². The van der Waals surface area contributed by atoms with Gasteiger partial charge in [-0.15, -0.1) is 0 Å². The molecule has 0 radical (unpaired) electrons. The maximum absolute atomic E-state index is 8.44. The third-order valence-corrected chi connectivity index (χ3v) is 2.14. The SMILES string of the molecule is CC(C)(C)Oc1ccccc1CC([S-])=NC#N.[Na+]. The van der Waals surface area contributed by atoms with Crippen LogP contribution in [0.15, 0.2) is 29.3 Å². The number of nitriles is 1. The van der Waals surface area contributed by atoms with Crippen molar-refractivity contribution in [1.82, 2.24) is 0 Å². The fourth-order valence-corrected chi connectivity index (χ4v) is 1.53. The third-order valence-electron chi connectivity index (χ3n) is 1.91. The van der Waals surface area contributed by atoms with E-state index >= 15 is 0 Å². The van der Waals surface area contributed by atoms with Gasteiger partial charge in [-0.2, -0.15) is 5.26 Å². The zero-order valence-corrected chi connectivity index (χ0v) is 14.0. The molecule has 0 unspecified atom stereocenters. The van der Waals surface area contributed by atoms with Gasteiger partial charge >= 0.3 is 29.6 Å². The van der Waals surface area contributed by atoms with E-state index in [2.05, 4.69) is 4.99 Å². The molecule has 0 heterocycles. The first kappa shape index (κ1) is 17.4. The molecule has 0 aliphatic carbocycles. The first-order valence-corrected chi connectivity index (χ1v) is 5.73. The molecule has 0 bridgehead atoms. The van der Waals surface area contributed by atoms with E-state index in [4.69, 9.17) is 22.6 Å². The number of rotatable bonds is 3. The Morgan fingerprint density at radius 1 is 1.39 bits per heavy atom. The molecule has 0 N–H and O–H groups in total. The molecule has 3 nitrogen and oxygen atoms in total. The monoisotopic (exact) mass is 270 g/mol. The van der Waals surface area contributed by atoms with Gasteiger partial charge in [0.25, 0.3) is 0 Å². The Balaban J connectivity index is 0.00000289. The fourth-order valence-electron chi connectivity index (χ4n) is 1.34. The van der Waals surface area contributed by atoms with Crippen LogP contribution in [0.4, 0.5) is 0 Å². The van der Waals surface area contributed by atoms with Crippen molar-refractivity contribution in [3.05, 3.63) is 29.8 Å². The van der Waals surface area contributed by atoms with Crippen molar-refractivity contribution in [2.24, 2.45) is 4.99 Å². The Kier molecular flexibility index (Phi) is 7.49. The van der Waals surface area contributed by atoms with Gasteiger partial charge in [0, 0.05) is 0 Å². The first-order valence-electron chi connectivity index (χ1n) is 5.32. The van der Waals surface area contributed by atoms with Gasteiger partial charge in [0.15, 0.2) is 0 Å². The van der Waals surface area contributed by atoms with E-state index in [1.807, 2.05) is 45.0 Å². The number of ether oxygens (including phenoxy) is 1. The molecule has 90 valence electrons. The number of benzene rings is 1. The molecule has 0 amide bonds. The summed E-state index contributed by atoms with van der Waals surface area (Å²) in [5.74, 6) is 0.787. The molecular formula is C13H15N2NaOS. The number of hydrogen-bond acceptors (Lipinski definition) is 4. The quantitative estimate of drug-likeness (QED) is 0.252. The van der Waals surface area contributed by atoms with Gasteiger partial charge in [0.05, 0.1) is 0 Å².